The lowest BCUT2D eigenvalue weighted by atomic mass is 10.0. The van der Waals surface area contributed by atoms with Crippen LogP contribution in [0.1, 0.15) is 40.0 Å². The molecule has 1 fully saturated rings. The largest absolute Gasteiger partial charge is 0.480 e. The van der Waals surface area contributed by atoms with Crippen LogP contribution in [0.5, 0.6) is 0 Å². The number of likely N-dealkylation sites (tertiary alicyclic amines) is 1. The van der Waals surface area contributed by atoms with Gasteiger partial charge < -0.3 is 10.0 Å². The Balaban J connectivity index is 0.000000791. The Morgan fingerprint density at radius 1 is 1.29 bits per heavy atom. The van der Waals surface area contributed by atoms with Gasteiger partial charge in [0.2, 0.25) is 5.91 Å². The molecule has 0 radical (unpaired) electrons. The predicted octanol–water partition coefficient (Wildman–Crippen LogP) is 1.50. The summed E-state index contributed by atoms with van der Waals surface area (Å²) in [5, 5.41) is 8.76. The van der Waals surface area contributed by atoms with Crippen molar-refractivity contribution in [2.75, 3.05) is 6.54 Å². The van der Waals surface area contributed by atoms with Gasteiger partial charge in [-0.15, -0.1) is 0 Å². The molecule has 82 valence electrons. The van der Waals surface area contributed by atoms with Crippen LogP contribution >= 0.6 is 0 Å². The van der Waals surface area contributed by atoms with Crippen LogP contribution in [0.15, 0.2) is 0 Å². The molecule has 4 nitrogen and oxygen atoms in total. The van der Waals surface area contributed by atoms with Crippen LogP contribution in [-0.4, -0.2) is 34.5 Å². The molecule has 4 heteroatoms. The number of nitrogens with zero attached hydrogens (tertiary/aromatic N) is 1. The quantitative estimate of drug-likeness (QED) is 0.699. The highest BCUT2D eigenvalue weighted by molar-refractivity contribution is 5.82. The molecule has 1 aliphatic heterocycles. The number of rotatable bonds is 1. The van der Waals surface area contributed by atoms with Gasteiger partial charge in [0.15, 0.2) is 0 Å². The van der Waals surface area contributed by atoms with E-state index in [0.29, 0.717) is 13.0 Å². The summed E-state index contributed by atoms with van der Waals surface area (Å²) in [5.74, 6) is -1.02. The van der Waals surface area contributed by atoms with E-state index in [9.17, 15) is 9.59 Å². The van der Waals surface area contributed by atoms with E-state index in [1.54, 1.807) is 0 Å². The van der Waals surface area contributed by atoms with Crippen LogP contribution in [0.25, 0.3) is 0 Å². The number of hydrogen-bond donors (Lipinski definition) is 1. The highest BCUT2D eigenvalue weighted by Gasteiger charge is 2.29. The Kier molecular flexibility index (Phi) is 5.92. The molecule has 1 aliphatic rings. The molecule has 1 amide bonds. The first-order valence-electron chi connectivity index (χ1n) is 5.13. The van der Waals surface area contributed by atoms with Crippen molar-refractivity contribution in [3.8, 4) is 0 Å². The normalized spacial score (nSPS) is 20.8. The van der Waals surface area contributed by atoms with Gasteiger partial charge in [-0.2, -0.15) is 0 Å². The number of carboxylic acids is 1. The molecule has 0 aromatic heterocycles. The second kappa shape index (κ2) is 6.40. The molecule has 1 saturated heterocycles. The van der Waals surface area contributed by atoms with E-state index in [1.807, 2.05) is 13.8 Å². The SMILES string of the molecule is CC.CC(=O)N1CCCC[C@@H]1C(=O)O. The monoisotopic (exact) mass is 201 g/mol. The summed E-state index contributed by atoms with van der Waals surface area (Å²) in [6.45, 7) is 6.01. The van der Waals surface area contributed by atoms with E-state index in [4.69, 9.17) is 5.11 Å². The van der Waals surface area contributed by atoms with Gasteiger partial charge in [0.25, 0.3) is 0 Å². The van der Waals surface area contributed by atoms with Crippen molar-refractivity contribution >= 4 is 11.9 Å². The van der Waals surface area contributed by atoms with Crippen LogP contribution < -0.4 is 0 Å². The van der Waals surface area contributed by atoms with Gasteiger partial charge in [-0.1, -0.05) is 13.8 Å². The van der Waals surface area contributed by atoms with Crippen molar-refractivity contribution in [2.45, 2.75) is 46.1 Å². The minimum absolute atomic E-state index is 0.137. The molecule has 14 heavy (non-hydrogen) atoms. The lowest BCUT2D eigenvalue weighted by molar-refractivity contribution is -0.151. The molecular formula is C10H19NO3. The maximum atomic E-state index is 11.0. The van der Waals surface area contributed by atoms with Gasteiger partial charge in [-0.25, -0.2) is 4.79 Å². The van der Waals surface area contributed by atoms with E-state index in [0.717, 1.165) is 12.8 Å². The number of carboxylic acid groups (broad SMARTS) is 1. The van der Waals surface area contributed by atoms with Crippen molar-refractivity contribution < 1.29 is 14.7 Å². The highest BCUT2D eigenvalue weighted by atomic mass is 16.4. The molecule has 0 bridgehead atoms. The molecule has 1 rings (SSSR count). The van der Waals surface area contributed by atoms with Crippen LogP contribution in [-0.2, 0) is 9.59 Å². The standard InChI is InChI=1S/C8H13NO3.C2H6/c1-6(10)9-5-3-2-4-7(9)8(11)12;1-2/h7H,2-5H2,1H3,(H,11,12);1-2H3/t7-;/m1./s1. The first kappa shape index (κ1) is 12.9. The molecule has 0 spiro atoms. The Morgan fingerprint density at radius 3 is 2.21 bits per heavy atom. The van der Waals surface area contributed by atoms with Gasteiger partial charge in [0.1, 0.15) is 6.04 Å². The van der Waals surface area contributed by atoms with E-state index >= 15 is 0 Å². The van der Waals surface area contributed by atoms with E-state index in [2.05, 4.69) is 0 Å². The van der Waals surface area contributed by atoms with Crippen molar-refractivity contribution in [3.05, 3.63) is 0 Å². The molecule has 1 atom stereocenters. The molecule has 0 aromatic rings. The maximum Gasteiger partial charge on any atom is 0.326 e. The number of amides is 1. The Labute approximate surface area is 84.9 Å². The number of carbonyl (C=O) groups excluding carboxylic acids is 1. The van der Waals surface area contributed by atoms with E-state index in [-0.39, 0.29) is 5.91 Å². The zero-order valence-electron chi connectivity index (χ0n) is 9.12. The summed E-state index contributed by atoms with van der Waals surface area (Å²) in [5.41, 5.74) is 0. The van der Waals surface area contributed by atoms with Gasteiger partial charge in [-0.05, 0) is 19.3 Å². The summed E-state index contributed by atoms with van der Waals surface area (Å²) in [4.78, 5) is 23.1. The summed E-state index contributed by atoms with van der Waals surface area (Å²) >= 11 is 0. The maximum absolute atomic E-state index is 11.0. The Morgan fingerprint density at radius 2 is 1.86 bits per heavy atom. The second-order valence-corrected chi connectivity index (χ2v) is 3.06. The van der Waals surface area contributed by atoms with Crippen LogP contribution in [0.3, 0.4) is 0 Å². The third kappa shape index (κ3) is 3.36. The molecule has 1 N–H and O–H groups in total. The highest BCUT2D eigenvalue weighted by Crippen LogP contribution is 2.16. The fourth-order valence-corrected chi connectivity index (χ4v) is 1.57. The molecule has 0 saturated carbocycles. The number of piperidine rings is 1. The Bertz CT molecular complexity index is 182. The third-order valence-electron chi connectivity index (χ3n) is 2.19. The number of aliphatic carboxylic acids is 1. The average molecular weight is 201 g/mol. The number of carbonyl (C=O) groups is 2. The Hall–Kier alpha value is -1.06. The van der Waals surface area contributed by atoms with Crippen molar-refractivity contribution in [1.29, 1.82) is 0 Å². The number of hydrogen-bond acceptors (Lipinski definition) is 2. The molecule has 1 heterocycles. The minimum Gasteiger partial charge on any atom is -0.480 e. The predicted molar refractivity (Wildman–Crippen MR) is 54.0 cm³/mol. The lowest BCUT2D eigenvalue weighted by Crippen LogP contribution is -2.46. The second-order valence-electron chi connectivity index (χ2n) is 3.06. The van der Waals surface area contributed by atoms with Gasteiger partial charge in [-0.3, -0.25) is 4.79 Å². The van der Waals surface area contributed by atoms with Gasteiger partial charge >= 0.3 is 5.97 Å². The first-order valence-corrected chi connectivity index (χ1v) is 5.13. The van der Waals surface area contributed by atoms with Crippen LogP contribution in [0, 0.1) is 0 Å². The molecule has 0 aromatic carbocycles. The molecular weight excluding hydrogens is 182 g/mol. The smallest absolute Gasteiger partial charge is 0.326 e. The summed E-state index contributed by atoms with van der Waals surface area (Å²) in [6.07, 6.45) is 2.42. The van der Waals surface area contributed by atoms with Crippen molar-refractivity contribution in [2.24, 2.45) is 0 Å². The summed E-state index contributed by atoms with van der Waals surface area (Å²) in [7, 11) is 0. The molecule has 0 aliphatic carbocycles. The van der Waals surface area contributed by atoms with Crippen LogP contribution in [0.4, 0.5) is 0 Å². The zero-order valence-corrected chi connectivity index (χ0v) is 9.12. The van der Waals surface area contributed by atoms with Crippen molar-refractivity contribution in [1.82, 2.24) is 4.90 Å². The van der Waals surface area contributed by atoms with Crippen LogP contribution in [0.2, 0.25) is 0 Å². The minimum atomic E-state index is -0.884. The fourth-order valence-electron chi connectivity index (χ4n) is 1.57. The first-order chi connectivity index (χ1) is 6.63. The topological polar surface area (TPSA) is 57.6 Å². The van der Waals surface area contributed by atoms with E-state index < -0.39 is 12.0 Å². The zero-order chi connectivity index (χ0) is 11.1. The summed E-state index contributed by atoms with van der Waals surface area (Å²) in [6, 6.07) is -0.587. The third-order valence-corrected chi connectivity index (χ3v) is 2.19. The van der Waals surface area contributed by atoms with E-state index in [1.165, 1.54) is 11.8 Å². The van der Waals surface area contributed by atoms with Gasteiger partial charge in [0, 0.05) is 13.5 Å². The molecule has 0 unspecified atom stereocenters. The lowest BCUT2D eigenvalue weighted by Gasteiger charge is -2.31. The van der Waals surface area contributed by atoms with Crippen molar-refractivity contribution in [3.63, 3.8) is 0 Å². The van der Waals surface area contributed by atoms with Gasteiger partial charge in [0.05, 0.1) is 0 Å². The summed E-state index contributed by atoms with van der Waals surface area (Å²) < 4.78 is 0. The average Bonchev–Trinajstić information content (AvgIpc) is 2.20. The fraction of sp³-hybridized carbons (Fsp3) is 0.800.